The van der Waals surface area contributed by atoms with Crippen LogP contribution in [0, 0.1) is 13.8 Å². The summed E-state index contributed by atoms with van der Waals surface area (Å²) < 4.78 is 49.8. The van der Waals surface area contributed by atoms with E-state index in [1.807, 2.05) is 6.92 Å². The molecule has 1 aromatic carbocycles. The molecule has 1 heterocycles. The number of hydrogen-bond donors (Lipinski definition) is 1. The zero-order valence-electron chi connectivity index (χ0n) is 12.3. The quantitative estimate of drug-likeness (QED) is 0.822. The van der Waals surface area contributed by atoms with Gasteiger partial charge in [-0.1, -0.05) is 6.07 Å². The molecule has 0 saturated carbocycles. The average Bonchev–Trinajstić information content (AvgIpc) is 2.73. The molecule has 8 heteroatoms. The van der Waals surface area contributed by atoms with Crippen LogP contribution in [0.25, 0.3) is 0 Å². The highest BCUT2D eigenvalue weighted by Gasteiger charge is 2.37. The Kier molecular flexibility index (Phi) is 4.07. The largest absolute Gasteiger partial charge is 0.398 e. The number of rotatable bonds is 3. The second-order valence-electron chi connectivity index (χ2n) is 5.50. The molecule has 2 rings (SSSR count). The Morgan fingerprint density at radius 1 is 1.29 bits per heavy atom. The first-order chi connectivity index (χ1) is 9.56. The third kappa shape index (κ3) is 2.93. The highest BCUT2D eigenvalue weighted by atomic mass is 32.2. The molecule has 1 unspecified atom stereocenters. The van der Waals surface area contributed by atoms with E-state index in [0.29, 0.717) is 12.0 Å². The van der Waals surface area contributed by atoms with Gasteiger partial charge in [-0.25, -0.2) is 16.8 Å². The normalized spacial score (nSPS) is 21.8. The van der Waals surface area contributed by atoms with Gasteiger partial charge in [0.1, 0.15) is 4.90 Å². The first-order valence-electron chi connectivity index (χ1n) is 6.60. The van der Waals surface area contributed by atoms with E-state index in [9.17, 15) is 16.8 Å². The van der Waals surface area contributed by atoms with Crippen molar-refractivity contribution in [2.45, 2.75) is 31.2 Å². The fourth-order valence-electron chi connectivity index (χ4n) is 2.56. The summed E-state index contributed by atoms with van der Waals surface area (Å²) in [7, 11) is -5.54. The van der Waals surface area contributed by atoms with Crippen molar-refractivity contribution in [1.82, 2.24) is 4.31 Å². The van der Waals surface area contributed by atoms with Crippen LogP contribution in [0.2, 0.25) is 0 Å². The summed E-state index contributed by atoms with van der Waals surface area (Å²) in [4.78, 5) is 0.0781. The molecule has 1 saturated heterocycles. The molecule has 0 aliphatic carbocycles. The van der Waals surface area contributed by atoms with E-state index in [0.717, 1.165) is 9.87 Å². The maximum Gasteiger partial charge on any atom is 0.245 e. The molecule has 1 aromatic rings. The van der Waals surface area contributed by atoms with Crippen LogP contribution in [0.4, 0.5) is 5.69 Å². The monoisotopic (exact) mass is 332 g/mol. The Bertz CT molecular complexity index is 770. The number of nitrogen functional groups attached to an aromatic ring is 1. The number of sulfone groups is 1. The Hall–Kier alpha value is -1.12. The van der Waals surface area contributed by atoms with Gasteiger partial charge >= 0.3 is 0 Å². The summed E-state index contributed by atoms with van der Waals surface area (Å²) >= 11 is 0. The highest BCUT2D eigenvalue weighted by molar-refractivity contribution is 7.92. The highest BCUT2D eigenvalue weighted by Crippen LogP contribution is 2.30. The Morgan fingerprint density at radius 3 is 2.43 bits per heavy atom. The van der Waals surface area contributed by atoms with E-state index in [-0.39, 0.29) is 22.1 Å². The summed E-state index contributed by atoms with van der Waals surface area (Å²) in [6.07, 6.45) is 0.322. The van der Waals surface area contributed by atoms with E-state index in [1.54, 1.807) is 19.1 Å². The molecule has 1 aliphatic heterocycles. The molecule has 0 amide bonds. The molecule has 0 radical (unpaired) electrons. The maximum atomic E-state index is 12.8. The molecule has 0 spiro atoms. The summed E-state index contributed by atoms with van der Waals surface area (Å²) in [5.74, 6) is -0.104. The number of aryl methyl sites for hydroxylation is 1. The minimum atomic E-state index is -3.81. The lowest BCUT2D eigenvalue weighted by molar-refractivity contribution is 0.394. The predicted octanol–water partition coefficient (Wildman–Crippen LogP) is 0.693. The number of anilines is 1. The molecule has 1 fully saturated rings. The standard InChI is InChI=1S/C13H20N2O4S2/c1-9-4-5-12(14)13(10(9)2)21(18,19)15(3)11-6-7-20(16,17)8-11/h4-5,11H,6-8,14H2,1-3H3. The van der Waals surface area contributed by atoms with Crippen LogP contribution in [0.1, 0.15) is 17.5 Å². The molecular weight excluding hydrogens is 312 g/mol. The molecule has 6 nitrogen and oxygen atoms in total. The van der Waals surface area contributed by atoms with Crippen LogP contribution in [0.15, 0.2) is 17.0 Å². The molecule has 118 valence electrons. The van der Waals surface area contributed by atoms with Gasteiger partial charge in [-0.05, 0) is 37.5 Å². The first-order valence-corrected chi connectivity index (χ1v) is 9.86. The lowest BCUT2D eigenvalue weighted by Gasteiger charge is -2.25. The fourth-order valence-corrected chi connectivity index (χ4v) is 6.20. The zero-order valence-corrected chi connectivity index (χ0v) is 14.0. The van der Waals surface area contributed by atoms with E-state index >= 15 is 0 Å². The number of benzene rings is 1. The first kappa shape index (κ1) is 16.3. The van der Waals surface area contributed by atoms with Crippen LogP contribution in [0.5, 0.6) is 0 Å². The molecule has 0 aromatic heterocycles. The van der Waals surface area contributed by atoms with Crippen molar-refractivity contribution >= 4 is 25.5 Å². The van der Waals surface area contributed by atoms with E-state index in [2.05, 4.69) is 0 Å². The second kappa shape index (κ2) is 5.26. The fraction of sp³-hybridized carbons (Fsp3) is 0.538. The van der Waals surface area contributed by atoms with Crippen LogP contribution >= 0.6 is 0 Å². The van der Waals surface area contributed by atoms with Gasteiger partial charge in [-0.3, -0.25) is 0 Å². The van der Waals surface area contributed by atoms with Gasteiger partial charge in [0.2, 0.25) is 10.0 Å². The number of nitrogens with two attached hydrogens (primary N) is 1. The van der Waals surface area contributed by atoms with Gasteiger partial charge in [0.15, 0.2) is 9.84 Å². The van der Waals surface area contributed by atoms with Crippen molar-refractivity contribution in [3.8, 4) is 0 Å². The van der Waals surface area contributed by atoms with E-state index in [1.165, 1.54) is 7.05 Å². The molecule has 2 N–H and O–H groups in total. The summed E-state index contributed by atoms with van der Waals surface area (Å²) in [6.45, 7) is 3.52. The lowest BCUT2D eigenvalue weighted by atomic mass is 10.1. The van der Waals surface area contributed by atoms with Crippen LogP contribution < -0.4 is 5.73 Å². The molecule has 1 atom stereocenters. The minimum Gasteiger partial charge on any atom is -0.398 e. The van der Waals surface area contributed by atoms with Crippen LogP contribution in [-0.4, -0.2) is 45.7 Å². The molecule has 21 heavy (non-hydrogen) atoms. The number of hydrogen-bond acceptors (Lipinski definition) is 5. The van der Waals surface area contributed by atoms with Gasteiger partial charge in [-0.15, -0.1) is 0 Å². The number of sulfonamides is 1. The summed E-state index contributed by atoms with van der Waals surface area (Å²) in [6, 6.07) is 2.80. The van der Waals surface area contributed by atoms with Gasteiger partial charge < -0.3 is 5.73 Å². The second-order valence-corrected chi connectivity index (χ2v) is 9.67. The average molecular weight is 332 g/mol. The predicted molar refractivity (Wildman–Crippen MR) is 82.3 cm³/mol. The SMILES string of the molecule is Cc1ccc(N)c(S(=O)(=O)N(C)C2CCS(=O)(=O)C2)c1C. The Morgan fingerprint density at radius 2 is 1.90 bits per heavy atom. The van der Waals surface area contributed by atoms with Gasteiger partial charge in [0, 0.05) is 13.1 Å². The van der Waals surface area contributed by atoms with Gasteiger partial charge in [0.05, 0.1) is 17.2 Å². The molecular formula is C13H20N2O4S2. The van der Waals surface area contributed by atoms with Crippen molar-refractivity contribution in [3.05, 3.63) is 23.3 Å². The van der Waals surface area contributed by atoms with E-state index in [4.69, 9.17) is 5.73 Å². The Labute approximate surface area is 125 Å². The van der Waals surface area contributed by atoms with Crippen molar-refractivity contribution in [3.63, 3.8) is 0 Å². The van der Waals surface area contributed by atoms with Crippen molar-refractivity contribution < 1.29 is 16.8 Å². The lowest BCUT2D eigenvalue weighted by Crippen LogP contribution is -2.38. The molecule has 1 aliphatic rings. The zero-order chi connectivity index (χ0) is 16.0. The third-order valence-corrected chi connectivity index (χ3v) is 7.93. The van der Waals surface area contributed by atoms with Gasteiger partial charge in [0.25, 0.3) is 0 Å². The van der Waals surface area contributed by atoms with Crippen LogP contribution in [0.3, 0.4) is 0 Å². The topological polar surface area (TPSA) is 97.5 Å². The smallest absolute Gasteiger partial charge is 0.245 e. The summed E-state index contributed by atoms with van der Waals surface area (Å²) in [5.41, 5.74) is 7.46. The third-order valence-electron chi connectivity index (χ3n) is 4.07. The van der Waals surface area contributed by atoms with Crippen molar-refractivity contribution in [2.75, 3.05) is 24.3 Å². The molecule has 0 bridgehead atoms. The van der Waals surface area contributed by atoms with Crippen LogP contribution in [-0.2, 0) is 19.9 Å². The number of nitrogens with zero attached hydrogens (tertiary/aromatic N) is 1. The summed E-state index contributed by atoms with van der Waals surface area (Å²) in [5, 5.41) is 0. The maximum absolute atomic E-state index is 12.8. The van der Waals surface area contributed by atoms with Crippen molar-refractivity contribution in [2.24, 2.45) is 0 Å². The Balaban J connectivity index is 2.46. The van der Waals surface area contributed by atoms with Gasteiger partial charge in [-0.2, -0.15) is 4.31 Å². The van der Waals surface area contributed by atoms with E-state index < -0.39 is 25.9 Å². The van der Waals surface area contributed by atoms with Crippen molar-refractivity contribution in [1.29, 1.82) is 0 Å². The minimum absolute atomic E-state index is 0.0276.